The molecule has 0 bridgehead atoms. The van der Waals surface area contributed by atoms with E-state index in [1.807, 2.05) is 48.5 Å². The highest BCUT2D eigenvalue weighted by Crippen LogP contribution is 2.32. The summed E-state index contributed by atoms with van der Waals surface area (Å²) in [5.41, 5.74) is 4.06. The van der Waals surface area contributed by atoms with Crippen molar-refractivity contribution < 1.29 is 14.3 Å². The van der Waals surface area contributed by atoms with Gasteiger partial charge in [-0.25, -0.2) is 4.79 Å². The summed E-state index contributed by atoms with van der Waals surface area (Å²) in [6, 6.07) is 19.4. The highest BCUT2D eigenvalue weighted by Gasteiger charge is 2.19. The van der Waals surface area contributed by atoms with Gasteiger partial charge in [0.15, 0.2) is 6.61 Å². The van der Waals surface area contributed by atoms with Crippen LogP contribution in [0.2, 0.25) is 0 Å². The van der Waals surface area contributed by atoms with Crippen LogP contribution < -0.4 is 5.32 Å². The van der Waals surface area contributed by atoms with Gasteiger partial charge in [-0.15, -0.1) is 0 Å². The van der Waals surface area contributed by atoms with Gasteiger partial charge in [0.05, 0.1) is 5.56 Å². The molecule has 4 nitrogen and oxygen atoms in total. The lowest BCUT2D eigenvalue weighted by atomic mass is 10.00. The molecule has 4 rings (SSSR count). The molecule has 1 N–H and O–H groups in total. The number of carbonyl (C=O) groups is 2. The molecule has 3 aromatic carbocycles. The summed E-state index contributed by atoms with van der Waals surface area (Å²) in [4.78, 5) is 24.4. The molecule has 0 fully saturated rings. The van der Waals surface area contributed by atoms with Gasteiger partial charge in [-0.05, 0) is 46.4 Å². The van der Waals surface area contributed by atoms with Crippen molar-refractivity contribution in [3.63, 3.8) is 0 Å². The van der Waals surface area contributed by atoms with Crippen LogP contribution in [0.5, 0.6) is 0 Å². The molecule has 130 valence electrons. The zero-order valence-electron chi connectivity index (χ0n) is 14.3. The molecule has 1 aliphatic rings. The van der Waals surface area contributed by atoms with Crippen LogP contribution in [0.15, 0.2) is 60.7 Å². The van der Waals surface area contributed by atoms with Crippen molar-refractivity contribution in [3.8, 4) is 0 Å². The second-order valence-corrected chi connectivity index (χ2v) is 6.45. The number of amides is 1. The van der Waals surface area contributed by atoms with Crippen molar-refractivity contribution >= 4 is 22.6 Å². The Labute approximate surface area is 151 Å². The van der Waals surface area contributed by atoms with Crippen molar-refractivity contribution in [3.05, 3.63) is 82.9 Å². The summed E-state index contributed by atoms with van der Waals surface area (Å²) >= 11 is 0. The molecule has 26 heavy (non-hydrogen) atoms. The second-order valence-electron chi connectivity index (χ2n) is 6.45. The number of ether oxygens (including phenoxy) is 1. The monoisotopic (exact) mass is 345 g/mol. The molecule has 0 aromatic heterocycles. The zero-order chi connectivity index (χ0) is 17.9. The minimum atomic E-state index is -0.463. The maximum atomic E-state index is 12.5. The first-order valence-electron chi connectivity index (χ1n) is 8.73. The largest absolute Gasteiger partial charge is 0.452 e. The predicted octanol–water partition coefficient (Wildman–Crippen LogP) is 3.41. The van der Waals surface area contributed by atoms with E-state index in [0.717, 1.165) is 29.2 Å². The van der Waals surface area contributed by atoms with E-state index in [9.17, 15) is 9.59 Å². The number of aryl methyl sites for hydroxylation is 2. The standard InChI is InChI=1S/C22H19NO3/c24-20(23-13-15-5-2-1-3-6-15)14-26-22(25)19-12-11-17-10-9-16-7-4-8-18(19)21(16)17/h1-8,11-12H,9-10,13-14H2,(H,23,24). The van der Waals surface area contributed by atoms with Gasteiger partial charge in [0.25, 0.3) is 5.91 Å². The fourth-order valence-corrected chi connectivity index (χ4v) is 3.48. The van der Waals surface area contributed by atoms with E-state index in [1.54, 1.807) is 6.07 Å². The summed E-state index contributed by atoms with van der Waals surface area (Å²) in [5, 5.41) is 4.83. The normalized spacial score (nSPS) is 12.2. The van der Waals surface area contributed by atoms with Gasteiger partial charge in [-0.1, -0.05) is 54.6 Å². The summed E-state index contributed by atoms with van der Waals surface area (Å²) in [5.74, 6) is -0.774. The van der Waals surface area contributed by atoms with Crippen LogP contribution in [0.25, 0.3) is 10.8 Å². The molecule has 1 aliphatic carbocycles. The summed E-state index contributed by atoms with van der Waals surface area (Å²) in [6.45, 7) is 0.132. The lowest BCUT2D eigenvalue weighted by Crippen LogP contribution is -2.28. The van der Waals surface area contributed by atoms with E-state index < -0.39 is 5.97 Å². The Hall–Kier alpha value is -3.14. The fourth-order valence-electron chi connectivity index (χ4n) is 3.48. The first kappa shape index (κ1) is 16.3. The molecule has 0 unspecified atom stereocenters. The third-order valence-corrected chi connectivity index (χ3v) is 4.76. The summed E-state index contributed by atoms with van der Waals surface area (Å²) < 4.78 is 5.24. The SMILES string of the molecule is O=C(COC(=O)c1ccc2c3c(cccc13)CC2)NCc1ccccc1. The Balaban J connectivity index is 1.41. The van der Waals surface area contributed by atoms with Crippen molar-refractivity contribution in [1.82, 2.24) is 5.32 Å². The molecule has 3 aromatic rings. The van der Waals surface area contributed by atoms with Crippen LogP contribution in [0, 0.1) is 0 Å². The number of rotatable bonds is 5. The fraction of sp³-hybridized carbons (Fsp3) is 0.182. The third-order valence-electron chi connectivity index (χ3n) is 4.76. The average Bonchev–Trinajstić information content (AvgIpc) is 3.11. The van der Waals surface area contributed by atoms with Crippen LogP contribution in [-0.2, 0) is 28.9 Å². The summed E-state index contributed by atoms with van der Waals surface area (Å²) in [7, 11) is 0. The Bertz CT molecular complexity index is 969. The Morgan fingerprint density at radius 3 is 2.46 bits per heavy atom. The number of hydrogen-bond donors (Lipinski definition) is 1. The first-order chi connectivity index (χ1) is 12.7. The molecular formula is C22H19NO3. The first-order valence-corrected chi connectivity index (χ1v) is 8.73. The van der Waals surface area contributed by atoms with Crippen LogP contribution in [-0.4, -0.2) is 18.5 Å². The topological polar surface area (TPSA) is 55.4 Å². The predicted molar refractivity (Wildman–Crippen MR) is 99.9 cm³/mol. The molecule has 0 spiro atoms. The zero-order valence-corrected chi connectivity index (χ0v) is 14.3. The lowest BCUT2D eigenvalue weighted by molar-refractivity contribution is -0.124. The minimum absolute atomic E-state index is 0.283. The van der Waals surface area contributed by atoms with Gasteiger partial charge in [0.1, 0.15) is 0 Å². The maximum Gasteiger partial charge on any atom is 0.339 e. The van der Waals surface area contributed by atoms with Gasteiger partial charge in [-0.3, -0.25) is 4.79 Å². The van der Waals surface area contributed by atoms with Gasteiger partial charge in [-0.2, -0.15) is 0 Å². The van der Waals surface area contributed by atoms with E-state index in [1.165, 1.54) is 11.1 Å². The number of nitrogens with one attached hydrogen (secondary N) is 1. The molecule has 0 saturated carbocycles. The van der Waals surface area contributed by atoms with Crippen LogP contribution >= 0.6 is 0 Å². The number of carbonyl (C=O) groups excluding carboxylic acids is 2. The quantitative estimate of drug-likeness (QED) is 0.721. The smallest absolute Gasteiger partial charge is 0.339 e. The number of esters is 1. The highest BCUT2D eigenvalue weighted by atomic mass is 16.5. The van der Waals surface area contributed by atoms with Crippen LogP contribution in [0.4, 0.5) is 0 Å². The molecule has 0 radical (unpaired) electrons. The molecule has 0 aliphatic heterocycles. The number of hydrogen-bond acceptors (Lipinski definition) is 3. The summed E-state index contributed by atoms with van der Waals surface area (Å²) in [6.07, 6.45) is 2.01. The molecule has 0 atom stereocenters. The molecule has 0 saturated heterocycles. The highest BCUT2D eigenvalue weighted by molar-refractivity contribution is 6.07. The molecule has 1 amide bonds. The van der Waals surface area contributed by atoms with E-state index in [2.05, 4.69) is 11.4 Å². The van der Waals surface area contributed by atoms with Crippen molar-refractivity contribution in [2.24, 2.45) is 0 Å². The Morgan fingerprint density at radius 2 is 1.65 bits per heavy atom. The average molecular weight is 345 g/mol. The van der Waals surface area contributed by atoms with Gasteiger partial charge < -0.3 is 10.1 Å². The molecular weight excluding hydrogens is 326 g/mol. The minimum Gasteiger partial charge on any atom is -0.452 e. The van der Waals surface area contributed by atoms with E-state index in [-0.39, 0.29) is 12.5 Å². The molecule has 0 heterocycles. The van der Waals surface area contributed by atoms with Gasteiger partial charge in [0, 0.05) is 6.54 Å². The van der Waals surface area contributed by atoms with Crippen molar-refractivity contribution in [1.29, 1.82) is 0 Å². The Kier molecular flexibility index (Phi) is 4.40. The third kappa shape index (κ3) is 3.18. The van der Waals surface area contributed by atoms with Crippen molar-refractivity contribution in [2.45, 2.75) is 19.4 Å². The maximum absolute atomic E-state index is 12.5. The molecule has 4 heteroatoms. The van der Waals surface area contributed by atoms with Crippen LogP contribution in [0.1, 0.15) is 27.0 Å². The second kappa shape index (κ2) is 7.00. The van der Waals surface area contributed by atoms with Crippen molar-refractivity contribution in [2.75, 3.05) is 6.61 Å². The van der Waals surface area contributed by atoms with Gasteiger partial charge >= 0.3 is 5.97 Å². The lowest BCUT2D eigenvalue weighted by Gasteiger charge is -2.10. The number of benzene rings is 3. The van der Waals surface area contributed by atoms with E-state index in [0.29, 0.717) is 12.1 Å². The Morgan fingerprint density at radius 1 is 0.885 bits per heavy atom. The van der Waals surface area contributed by atoms with Crippen LogP contribution in [0.3, 0.4) is 0 Å². The van der Waals surface area contributed by atoms with Gasteiger partial charge in [0.2, 0.25) is 0 Å². The van der Waals surface area contributed by atoms with E-state index >= 15 is 0 Å². The van der Waals surface area contributed by atoms with E-state index in [4.69, 9.17) is 4.74 Å².